The molecule has 3 fully saturated rings. The summed E-state index contributed by atoms with van der Waals surface area (Å²) in [6.45, 7) is 11.6. The Hall–Kier alpha value is -2.18. The molecule has 0 spiro atoms. The molecule has 9 atom stereocenters. The summed E-state index contributed by atoms with van der Waals surface area (Å²) in [5.41, 5.74) is 1.38. The van der Waals surface area contributed by atoms with Crippen molar-refractivity contribution in [3.8, 4) is 0 Å². The third kappa shape index (κ3) is 6.12. The van der Waals surface area contributed by atoms with E-state index < -0.39 is 0 Å². The van der Waals surface area contributed by atoms with Crippen LogP contribution in [-0.2, 0) is 33.4 Å². The lowest BCUT2D eigenvalue weighted by Gasteiger charge is -2.57. The molecular formula is C32H48O7. The van der Waals surface area contributed by atoms with E-state index in [1.165, 1.54) is 19.4 Å². The minimum atomic E-state index is -0.361. The van der Waals surface area contributed by atoms with Gasteiger partial charge in [-0.25, -0.2) is 0 Å². The monoisotopic (exact) mass is 544 g/mol. The van der Waals surface area contributed by atoms with Crippen LogP contribution in [0.15, 0.2) is 11.6 Å². The van der Waals surface area contributed by atoms with E-state index in [-0.39, 0.29) is 58.6 Å². The van der Waals surface area contributed by atoms with Crippen LogP contribution >= 0.6 is 0 Å². The maximum Gasteiger partial charge on any atom is 0.306 e. The highest BCUT2D eigenvalue weighted by atomic mass is 16.5. The van der Waals surface area contributed by atoms with E-state index in [1.807, 2.05) is 6.92 Å². The first-order chi connectivity index (χ1) is 18.3. The van der Waals surface area contributed by atoms with Crippen molar-refractivity contribution in [3.63, 3.8) is 0 Å². The molecule has 0 aromatic rings. The van der Waals surface area contributed by atoms with Gasteiger partial charge in [0.2, 0.25) is 0 Å². The van der Waals surface area contributed by atoms with Gasteiger partial charge in [-0.3, -0.25) is 19.2 Å². The van der Waals surface area contributed by atoms with Crippen molar-refractivity contribution in [1.82, 2.24) is 0 Å². The van der Waals surface area contributed by atoms with Crippen molar-refractivity contribution >= 4 is 23.7 Å². The summed E-state index contributed by atoms with van der Waals surface area (Å²) >= 11 is 0. The summed E-state index contributed by atoms with van der Waals surface area (Å²) in [6, 6.07) is 0. The number of fused-ring (bicyclic) bond motifs is 5. The fourth-order valence-corrected chi connectivity index (χ4v) is 8.96. The first kappa shape index (κ1) is 29.8. The Morgan fingerprint density at radius 2 is 1.74 bits per heavy atom. The predicted octanol–water partition coefficient (Wildman–Crippen LogP) is 5.98. The van der Waals surface area contributed by atoms with Gasteiger partial charge < -0.3 is 14.2 Å². The van der Waals surface area contributed by atoms with Gasteiger partial charge in [-0.05, 0) is 92.8 Å². The van der Waals surface area contributed by atoms with Crippen LogP contribution < -0.4 is 0 Å². The molecule has 0 saturated heterocycles. The fourth-order valence-electron chi connectivity index (χ4n) is 8.96. The molecule has 39 heavy (non-hydrogen) atoms. The Bertz CT molecular complexity index is 1000. The number of Topliss-reactive ketones (excluding diaryl/α,β-unsaturated/α-hetero) is 1. The van der Waals surface area contributed by atoms with Gasteiger partial charge in [-0.2, -0.15) is 0 Å². The smallest absolute Gasteiger partial charge is 0.306 e. The lowest BCUT2D eigenvalue weighted by Crippen LogP contribution is -2.51. The highest BCUT2D eigenvalue weighted by molar-refractivity contribution is 5.81. The van der Waals surface area contributed by atoms with Crippen molar-refractivity contribution in [2.24, 2.45) is 40.4 Å². The Labute approximate surface area is 233 Å². The van der Waals surface area contributed by atoms with Crippen LogP contribution in [0.4, 0.5) is 0 Å². The van der Waals surface area contributed by atoms with E-state index in [0.29, 0.717) is 37.2 Å². The Balaban J connectivity index is 1.42. The molecule has 4 aliphatic carbocycles. The van der Waals surface area contributed by atoms with Crippen LogP contribution in [0, 0.1) is 40.4 Å². The molecule has 0 aromatic heterocycles. The number of carbonyl (C=O) groups excluding carboxylic acids is 4. The molecule has 0 aliphatic heterocycles. The average Bonchev–Trinajstić information content (AvgIpc) is 3.14. The van der Waals surface area contributed by atoms with E-state index in [0.717, 1.165) is 51.4 Å². The molecule has 0 bridgehead atoms. The molecule has 0 radical (unpaired) electrons. The van der Waals surface area contributed by atoms with Crippen LogP contribution in [0.25, 0.3) is 0 Å². The van der Waals surface area contributed by atoms with Gasteiger partial charge in [-0.1, -0.05) is 32.4 Å². The highest BCUT2D eigenvalue weighted by Gasteiger charge is 2.63. The molecule has 4 rings (SSSR count). The zero-order valence-corrected chi connectivity index (χ0v) is 24.8. The number of esters is 3. The van der Waals surface area contributed by atoms with E-state index >= 15 is 0 Å². The second kappa shape index (κ2) is 11.7. The molecule has 0 heterocycles. The number of ketones is 1. The molecule has 7 nitrogen and oxygen atoms in total. The largest absolute Gasteiger partial charge is 0.466 e. The van der Waals surface area contributed by atoms with E-state index in [9.17, 15) is 19.2 Å². The summed E-state index contributed by atoms with van der Waals surface area (Å²) in [5.74, 6) is 0.683. The van der Waals surface area contributed by atoms with Gasteiger partial charge in [-0.15, -0.1) is 0 Å². The van der Waals surface area contributed by atoms with Gasteiger partial charge in [0.15, 0.2) is 0 Å². The summed E-state index contributed by atoms with van der Waals surface area (Å²) in [5, 5.41) is 0. The minimum Gasteiger partial charge on any atom is -0.466 e. The molecule has 7 heteroatoms. The number of hydrogen-bond acceptors (Lipinski definition) is 7. The van der Waals surface area contributed by atoms with Crippen LogP contribution in [0.1, 0.15) is 106 Å². The molecule has 0 amide bonds. The van der Waals surface area contributed by atoms with Crippen LogP contribution in [0.2, 0.25) is 0 Å². The maximum atomic E-state index is 13.0. The maximum absolute atomic E-state index is 13.0. The Morgan fingerprint density at radius 3 is 2.41 bits per heavy atom. The van der Waals surface area contributed by atoms with Gasteiger partial charge in [0, 0.05) is 26.7 Å². The van der Waals surface area contributed by atoms with E-state index in [4.69, 9.17) is 14.2 Å². The topological polar surface area (TPSA) is 96.0 Å². The van der Waals surface area contributed by atoms with Crippen LogP contribution in [-0.4, -0.2) is 42.5 Å². The Morgan fingerprint density at radius 1 is 1.00 bits per heavy atom. The lowest BCUT2D eigenvalue weighted by atomic mass is 9.47. The SMILES string of the molecule is CC(=O)OC[C@@H](C)CCCC(=O)OC1CC2C3CC=C4C[C@@H](OC(C)=O)CC[C@]4(C)C3CCC2(C)C1C(C)=O. The fraction of sp³-hybridized carbons (Fsp3) is 0.812. The van der Waals surface area contributed by atoms with Gasteiger partial charge >= 0.3 is 17.9 Å². The van der Waals surface area contributed by atoms with E-state index in [1.54, 1.807) is 6.92 Å². The molecule has 3 saturated carbocycles. The van der Waals surface area contributed by atoms with Crippen molar-refractivity contribution < 1.29 is 33.4 Å². The van der Waals surface area contributed by atoms with Gasteiger partial charge in [0.1, 0.15) is 18.0 Å². The third-order valence-corrected chi connectivity index (χ3v) is 10.8. The predicted molar refractivity (Wildman–Crippen MR) is 146 cm³/mol. The first-order valence-corrected chi connectivity index (χ1v) is 15.0. The van der Waals surface area contributed by atoms with Crippen LogP contribution in [0.5, 0.6) is 0 Å². The highest BCUT2D eigenvalue weighted by Crippen LogP contribution is 2.66. The zero-order valence-electron chi connectivity index (χ0n) is 24.8. The molecule has 218 valence electrons. The molecule has 0 N–H and O–H groups in total. The zero-order chi connectivity index (χ0) is 28.5. The van der Waals surface area contributed by atoms with E-state index in [2.05, 4.69) is 19.9 Å². The first-order valence-electron chi connectivity index (χ1n) is 15.0. The molecular weight excluding hydrogens is 496 g/mol. The van der Waals surface area contributed by atoms with Crippen molar-refractivity contribution in [2.75, 3.05) is 6.61 Å². The van der Waals surface area contributed by atoms with Crippen molar-refractivity contribution in [3.05, 3.63) is 11.6 Å². The number of allylic oxidation sites excluding steroid dienone is 1. The van der Waals surface area contributed by atoms with Crippen LogP contribution in [0.3, 0.4) is 0 Å². The number of rotatable bonds is 9. The second-order valence-electron chi connectivity index (χ2n) is 13.4. The molecule has 0 aromatic carbocycles. The number of ether oxygens (including phenoxy) is 3. The third-order valence-electron chi connectivity index (χ3n) is 10.8. The van der Waals surface area contributed by atoms with Gasteiger partial charge in [0.05, 0.1) is 12.5 Å². The van der Waals surface area contributed by atoms with Crippen molar-refractivity contribution in [2.45, 2.75) is 118 Å². The summed E-state index contributed by atoms with van der Waals surface area (Å²) in [6.07, 6.45) is 10.3. The Kier molecular flexibility index (Phi) is 8.97. The summed E-state index contributed by atoms with van der Waals surface area (Å²) < 4.78 is 16.7. The quantitative estimate of drug-likeness (QED) is 0.200. The average molecular weight is 545 g/mol. The standard InChI is InChI=1S/C32H48O7/c1-19(18-37-21(3)34)8-7-9-29(36)39-28-17-27-25-11-10-23-16-24(38-22(4)35)12-14-31(23,5)26(25)13-15-32(27,6)30(28)20(2)33/h10,19,24-28,30H,7-9,11-18H2,1-6H3/t19-,24-,25?,26?,27?,28?,30?,31-,32?/m0/s1. The number of hydrogen-bond donors (Lipinski definition) is 0. The number of carbonyl (C=O) groups is 4. The second-order valence-corrected chi connectivity index (χ2v) is 13.4. The van der Waals surface area contributed by atoms with Gasteiger partial charge in [0.25, 0.3) is 0 Å². The van der Waals surface area contributed by atoms with Crippen molar-refractivity contribution in [1.29, 1.82) is 0 Å². The molecule has 6 unspecified atom stereocenters. The minimum absolute atomic E-state index is 0.0192. The summed E-state index contributed by atoms with van der Waals surface area (Å²) in [4.78, 5) is 48.5. The molecule has 4 aliphatic rings. The lowest BCUT2D eigenvalue weighted by molar-refractivity contribution is -0.154. The normalized spacial score (nSPS) is 37.8. The summed E-state index contributed by atoms with van der Waals surface area (Å²) in [7, 11) is 0.